The first-order chi connectivity index (χ1) is 27.0. The van der Waals surface area contributed by atoms with Crippen LogP contribution in [0, 0.1) is 0 Å². The molecule has 25 nitrogen and oxygen atoms in total. The molecule has 0 aromatic rings. The van der Waals surface area contributed by atoms with Crippen molar-refractivity contribution < 1.29 is 109 Å². The smallest absolute Gasteiger partial charge is 0.275 e. The van der Waals surface area contributed by atoms with Crippen molar-refractivity contribution in [1.82, 2.24) is 16.3 Å². The van der Waals surface area contributed by atoms with Crippen LogP contribution in [0.2, 0.25) is 0 Å². The summed E-state index contributed by atoms with van der Waals surface area (Å²) in [6.45, 7) is 0.672. The molecular weight excluding hydrogens is 778 g/mol. The first-order valence-electron chi connectivity index (χ1n) is 18.2. The lowest BCUT2D eigenvalue weighted by Crippen LogP contribution is -2.68. The van der Waals surface area contributed by atoms with Crippen LogP contribution in [0.5, 0.6) is 0 Å². The van der Waals surface area contributed by atoms with Crippen LogP contribution in [0.1, 0.15) is 20.3 Å². The fraction of sp³-hybridized carbons (Fsp3) is 0.938. The van der Waals surface area contributed by atoms with E-state index < -0.39 is 148 Å². The van der Waals surface area contributed by atoms with E-state index in [2.05, 4.69) is 16.3 Å². The van der Waals surface area contributed by atoms with E-state index in [0.717, 1.165) is 7.11 Å². The van der Waals surface area contributed by atoms with Gasteiger partial charge in [0, 0.05) is 27.7 Å². The fourth-order valence-electron chi connectivity index (χ4n) is 6.28. The molecule has 0 aromatic heterocycles. The van der Waals surface area contributed by atoms with Crippen molar-refractivity contribution in [3.05, 3.63) is 0 Å². The van der Waals surface area contributed by atoms with Crippen molar-refractivity contribution in [2.24, 2.45) is 0 Å². The molecule has 3 rings (SSSR count). The fourth-order valence-corrected chi connectivity index (χ4v) is 6.28. The van der Waals surface area contributed by atoms with E-state index in [1.165, 1.54) is 14.0 Å². The standard InChI is InChI=1S/C32H59N3O22/c1-12-18(34-13(2)37)27(22(43)16(9-36)54-12)56-32-26(47)24(45)28(50-4)29(57-32)30(48)35-53-7-5-6-52-33-8-14(38)19(40)20(41)15(39)10-51-31-25(46)23(44)21(42)17(55-31)11-49-3/h12,14-29,31-33,36,38-47H,5-11H2,1-4H3,(H,34,37)(H,35,48)/t12-,14?,15?,16?,17?,18?,19-,20-,21-,22-,23+,24-,25?,26?,27-,28+,29?,31+,32-/m1/s1. The number of aliphatic hydroxyl groups excluding tert-OH is 11. The van der Waals surface area contributed by atoms with Gasteiger partial charge in [-0.15, -0.1) is 0 Å². The van der Waals surface area contributed by atoms with E-state index in [0.29, 0.717) is 0 Å². The average Bonchev–Trinajstić information content (AvgIpc) is 3.18. The zero-order valence-corrected chi connectivity index (χ0v) is 31.8. The Kier molecular flexibility index (Phi) is 20.6. The molecule has 3 heterocycles. The van der Waals surface area contributed by atoms with Crippen molar-refractivity contribution in [3.8, 4) is 0 Å². The Morgan fingerprint density at radius 3 is 2.04 bits per heavy atom. The quantitative estimate of drug-likeness (QED) is 0.0356. The Bertz CT molecular complexity index is 1200. The SMILES string of the molecule is COCC1O[C@H](OCC(O)[C@@H](O)[C@H](O)C(O)CNOCCCONC(=O)C2O[C@@H](O[C@@H]3C(NC(C)=O)[C@@H](C)OC(CO)[C@H]3O)C(O)[C@@H](O)[C@@H]2OC)C(O)[C@@H](O)[C@@H]1O. The van der Waals surface area contributed by atoms with Crippen molar-refractivity contribution in [3.63, 3.8) is 0 Å². The molecule has 0 radical (unpaired) electrons. The maximum absolute atomic E-state index is 13.0. The zero-order chi connectivity index (χ0) is 42.6. The molecule has 14 N–H and O–H groups in total. The third kappa shape index (κ3) is 13.3. The molecular formula is C32H59N3O22. The van der Waals surface area contributed by atoms with Crippen molar-refractivity contribution in [2.45, 2.75) is 137 Å². The van der Waals surface area contributed by atoms with Gasteiger partial charge in [0.05, 0.1) is 51.3 Å². The molecule has 25 heteroatoms. The molecule has 3 saturated heterocycles. The highest BCUT2D eigenvalue weighted by molar-refractivity contribution is 5.80. The number of nitrogens with one attached hydrogen (secondary N) is 3. The first-order valence-corrected chi connectivity index (χ1v) is 18.2. The van der Waals surface area contributed by atoms with Gasteiger partial charge in [-0.1, -0.05) is 0 Å². The van der Waals surface area contributed by atoms with Crippen LogP contribution < -0.4 is 16.3 Å². The van der Waals surface area contributed by atoms with Gasteiger partial charge in [0.15, 0.2) is 18.7 Å². The van der Waals surface area contributed by atoms with E-state index in [9.17, 15) is 65.8 Å². The van der Waals surface area contributed by atoms with Crippen molar-refractivity contribution in [1.29, 1.82) is 0 Å². The normalized spacial score (nSPS) is 38.2. The highest BCUT2D eigenvalue weighted by Gasteiger charge is 2.52. The Labute approximate surface area is 327 Å². The van der Waals surface area contributed by atoms with Crippen molar-refractivity contribution >= 4 is 11.8 Å². The van der Waals surface area contributed by atoms with Gasteiger partial charge in [0.25, 0.3) is 5.91 Å². The summed E-state index contributed by atoms with van der Waals surface area (Å²) < 4.78 is 37.7. The Morgan fingerprint density at radius 2 is 1.40 bits per heavy atom. The molecule has 3 aliphatic rings. The summed E-state index contributed by atoms with van der Waals surface area (Å²) in [4.78, 5) is 35.2. The molecule has 0 aliphatic carbocycles. The van der Waals surface area contributed by atoms with Crippen LogP contribution in [0.25, 0.3) is 0 Å². The second-order valence-electron chi connectivity index (χ2n) is 13.8. The monoisotopic (exact) mass is 837 g/mol. The Hall–Kier alpha value is -1.90. The summed E-state index contributed by atoms with van der Waals surface area (Å²) in [5.74, 6) is -1.45. The van der Waals surface area contributed by atoms with Crippen LogP contribution in [0.3, 0.4) is 0 Å². The topological polar surface area (TPSA) is 376 Å². The van der Waals surface area contributed by atoms with Crippen LogP contribution >= 0.6 is 0 Å². The number of hydroxylamine groups is 2. The predicted octanol–water partition coefficient (Wildman–Crippen LogP) is -8.65. The Morgan fingerprint density at radius 1 is 0.754 bits per heavy atom. The first kappa shape index (κ1) is 49.5. The number of rotatable bonds is 22. The van der Waals surface area contributed by atoms with Gasteiger partial charge in [-0.25, -0.2) is 5.48 Å². The van der Waals surface area contributed by atoms with E-state index in [1.54, 1.807) is 6.92 Å². The summed E-state index contributed by atoms with van der Waals surface area (Å²) in [7, 11) is 2.48. The summed E-state index contributed by atoms with van der Waals surface area (Å²) in [5, 5.41) is 116. The van der Waals surface area contributed by atoms with Gasteiger partial charge in [0.1, 0.15) is 79.4 Å². The van der Waals surface area contributed by atoms with Gasteiger partial charge in [0.2, 0.25) is 5.91 Å². The lowest BCUT2D eigenvalue weighted by atomic mass is 9.92. The van der Waals surface area contributed by atoms with Gasteiger partial charge >= 0.3 is 0 Å². The van der Waals surface area contributed by atoms with E-state index in [-0.39, 0.29) is 26.2 Å². The van der Waals surface area contributed by atoms with Crippen LogP contribution in [-0.2, 0) is 52.4 Å². The van der Waals surface area contributed by atoms with Crippen LogP contribution in [-0.4, -0.2) is 238 Å². The molecule has 334 valence electrons. The third-order valence-corrected chi connectivity index (χ3v) is 9.51. The second-order valence-corrected chi connectivity index (χ2v) is 13.8. The summed E-state index contributed by atoms with van der Waals surface area (Å²) >= 11 is 0. The lowest BCUT2D eigenvalue weighted by molar-refractivity contribution is -0.326. The largest absolute Gasteiger partial charge is 0.394 e. The average molecular weight is 838 g/mol. The molecule has 2 amide bonds. The number of methoxy groups -OCH3 is 2. The van der Waals surface area contributed by atoms with Gasteiger partial charge in [-0.3, -0.25) is 14.4 Å². The number of carbonyl (C=O) groups is 2. The Balaban J connectivity index is 1.39. The number of ether oxygens (including phenoxy) is 7. The minimum atomic E-state index is -1.95. The molecule has 0 spiro atoms. The van der Waals surface area contributed by atoms with Crippen molar-refractivity contribution in [2.75, 3.05) is 53.8 Å². The summed E-state index contributed by atoms with van der Waals surface area (Å²) in [6, 6.07) is -0.984. The second kappa shape index (κ2) is 23.8. The molecule has 19 atom stereocenters. The zero-order valence-electron chi connectivity index (χ0n) is 31.8. The van der Waals surface area contributed by atoms with Crippen LogP contribution in [0.15, 0.2) is 0 Å². The number of hydrogen-bond donors (Lipinski definition) is 14. The molecule has 0 saturated carbocycles. The third-order valence-electron chi connectivity index (χ3n) is 9.51. The van der Waals surface area contributed by atoms with E-state index in [1.807, 2.05) is 0 Å². The minimum absolute atomic E-state index is 0.0658. The minimum Gasteiger partial charge on any atom is -0.394 e. The summed E-state index contributed by atoms with van der Waals surface area (Å²) in [5.41, 5.74) is 4.48. The molecule has 57 heavy (non-hydrogen) atoms. The molecule has 0 bridgehead atoms. The number of amides is 2. The molecule has 3 aliphatic heterocycles. The number of carbonyl (C=O) groups excluding carboxylic acids is 2. The predicted molar refractivity (Wildman–Crippen MR) is 183 cm³/mol. The molecule has 0 aromatic carbocycles. The number of aliphatic hydroxyl groups is 11. The maximum Gasteiger partial charge on any atom is 0.275 e. The maximum atomic E-state index is 13.0. The van der Waals surface area contributed by atoms with E-state index >= 15 is 0 Å². The highest BCUT2D eigenvalue weighted by atomic mass is 16.7. The van der Waals surface area contributed by atoms with Gasteiger partial charge < -0.3 is 99.5 Å². The number of hydrogen-bond acceptors (Lipinski definition) is 23. The van der Waals surface area contributed by atoms with E-state index in [4.69, 9.17) is 42.8 Å². The van der Waals surface area contributed by atoms with Crippen LogP contribution in [0.4, 0.5) is 0 Å². The van der Waals surface area contributed by atoms with Gasteiger partial charge in [-0.05, 0) is 13.3 Å². The lowest BCUT2D eigenvalue weighted by Gasteiger charge is -2.47. The van der Waals surface area contributed by atoms with Gasteiger partial charge in [-0.2, -0.15) is 5.48 Å². The summed E-state index contributed by atoms with van der Waals surface area (Å²) in [6.07, 6.45) is -27.6. The molecule has 8 unspecified atom stereocenters. The highest BCUT2D eigenvalue weighted by Crippen LogP contribution is 2.30. The molecule has 3 fully saturated rings.